The third-order valence-electron chi connectivity index (χ3n) is 4.33. The lowest BCUT2D eigenvalue weighted by molar-refractivity contribution is -0.149. The van der Waals surface area contributed by atoms with Gasteiger partial charge in [-0.05, 0) is 18.6 Å². The number of ether oxygens (including phenoxy) is 2. The van der Waals surface area contributed by atoms with Gasteiger partial charge in [0.15, 0.2) is 5.01 Å². The van der Waals surface area contributed by atoms with Crippen molar-refractivity contribution in [3.63, 3.8) is 0 Å². The monoisotopic (exact) mass is 398 g/mol. The van der Waals surface area contributed by atoms with Crippen molar-refractivity contribution in [2.75, 3.05) is 19.8 Å². The van der Waals surface area contributed by atoms with Crippen molar-refractivity contribution in [2.24, 2.45) is 0 Å². The molecule has 1 aromatic carbocycles. The van der Waals surface area contributed by atoms with Gasteiger partial charge < -0.3 is 14.8 Å². The zero-order valence-corrected chi connectivity index (χ0v) is 16.3. The Morgan fingerprint density at radius 2 is 2.12 bits per heavy atom. The standard InChI is InChI=1S/C18H20ClFN2O3S/c1-17(2,11-5-4-6-12(19)14(11)20)10-22-15(23)13-9-21-16(26-13)18(3)24-7-8-25-18/h4-6,9H,7-8,10H2,1-3H3,(H,22,23). The molecule has 26 heavy (non-hydrogen) atoms. The van der Waals surface area contributed by atoms with E-state index in [1.165, 1.54) is 23.6 Å². The Morgan fingerprint density at radius 1 is 1.42 bits per heavy atom. The van der Waals surface area contributed by atoms with Crippen LogP contribution in [0.3, 0.4) is 0 Å². The van der Waals surface area contributed by atoms with E-state index in [1.807, 2.05) is 13.8 Å². The summed E-state index contributed by atoms with van der Waals surface area (Å²) in [6.45, 7) is 6.73. The van der Waals surface area contributed by atoms with Crippen LogP contribution >= 0.6 is 22.9 Å². The minimum atomic E-state index is -0.896. The van der Waals surface area contributed by atoms with Crippen molar-refractivity contribution in [1.82, 2.24) is 10.3 Å². The second-order valence-electron chi connectivity index (χ2n) is 6.84. The number of benzene rings is 1. The molecule has 1 amide bonds. The number of hydrogen-bond acceptors (Lipinski definition) is 5. The lowest BCUT2D eigenvalue weighted by Crippen LogP contribution is -2.37. The molecule has 5 nitrogen and oxygen atoms in total. The first-order chi connectivity index (χ1) is 12.2. The maximum atomic E-state index is 14.3. The average molecular weight is 399 g/mol. The quantitative estimate of drug-likeness (QED) is 0.830. The zero-order valence-electron chi connectivity index (χ0n) is 14.8. The molecule has 0 aliphatic carbocycles. The smallest absolute Gasteiger partial charge is 0.263 e. The maximum absolute atomic E-state index is 14.3. The van der Waals surface area contributed by atoms with Crippen LogP contribution < -0.4 is 5.32 Å². The van der Waals surface area contributed by atoms with Crippen molar-refractivity contribution in [3.8, 4) is 0 Å². The fourth-order valence-corrected chi connectivity index (χ4v) is 3.80. The van der Waals surface area contributed by atoms with E-state index in [1.54, 1.807) is 19.1 Å². The predicted molar refractivity (Wildman–Crippen MR) is 98.1 cm³/mol. The second kappa shape index (κ2) is 7.23. The molecule has 0 unspecified atom stereocenters. The summed E-state index contributed by atoms with van der Waals surface area (Å²) in [7, 11) is 0. The Hall–Kier alpha value is -1.54. The molecule has 0 bridgehead atoms. The van der Waals surface area contributed by atoms with E-state index in [4.69, 9.17) is 21.1 Å². The van der Waals surface area contributed by atoms with E-state index < -0.39 is 17.0 Å². The summed E-state index contributed by atoms with van der Waals surface area (Å²) in [5.41, 5.74) is -0.169. The lowest BCUT2D eigenvalue weighted by Gasteiger charge is -2.26. The Morgan fingerprint density at radius 3 is 2.81 bits per heavy atom. The molecule has 1 aliphatic heterocycles. The molecule has 0 spiro atoms. The molecular weight excluding hydrogens is 379 g/mol. The van der Waals surface area contributed by atoms with Gasteiger partial charge in [-0.1, -0.05) is 37.6 Å². The third kappa shape index (κ3) is 3.76. The summed E-state index contributed by atoms with van der Waals surface area (Å²) >= 11 is 7.08. The number of rotatable bonds is 5. The van der Waals surface area contributed by atoms with E-state index in [0.717, 1.165) is 0 Å². The lowest BCUT2D eigenvalue weighted by atomic mass is 9.84. The topological polar surface area (TPSA) is 60.5 Å². The van der Waals surface area contributed by atoms with Gasteiger partial charge in [0.25, 0.3) is 5.91 Å². The zero-order chi connectivity index (χ0) is 18.9. The summed E-state index contributed by atoms with van der Waals surface area (Å²) in [5, 5.41) is 3.51. The van der Waals surface area contributed by atoms with Gasteiger partial charge >= 0.3 is 0 Å². The highest BCUT2D eigenvalue weighted by Gasteiger charge is 2.37. The van der Waals surface area contributed by atoms with Gasteiger partial charge in [-0.3, -0.25) is 4.79 Å². The van der Waals surface area contributed by atoms with Gasteiger partial charge in [0.2, 0.25) is 5.79 Å². The summed E-state index contributed by atoms with van der Waals surface area (Å²) in [6.07, 6.45) is 1.50. The molecule has 1 aliphatic rings. The van der Waals surface area contributed by atoms with Crippen molar-refractivity contribution >= 4 is 28.8 Å². The highest BCUT2D eigenvalue weighted by Crippen LogP contribution is 2.34. The molecule has 8 heteroatoms. The number of carbonyl (C=O) groups is 1. The van der Waals surface area contributed by atoms with Crippen molar-refractivity contribution in [1.29, 1.82) is 0 Å². The number of nitrogens with zero attached hydrogens (tertiary/aromatic N) is 1. The van der Waals surface area contributed by atoms with E-state index in [-0.39, 0.29) is 17.5 Å². The van der Waals surface area contributed by atoms with E-state index >= 15 is 0 Å². The Labute approximate surface area is 160 Å². The van der Waals surface area contributed by atoms with Crippen LogP contribution in [0, 0.1) is 5.82 Å². The molecule has 1 N–H and O–H groups in total. The largest absolute Gasteiger partial charge is 0.350 e. The summed E-state index contributed by atoms with van der Waals surface area (Å²) in [4.78, 5) is 17.2. The number of thiazole rings is 1. The average Bonchev–Trinajstić information content (AvgIpc) is 3.25. The predicted octanol–water partition coefficient (Wildman–Crippen LogP) is 3.86. The third-order valence-corrected chi connectivity index (χ3v) is 5.80. The van der Waals surface area contributed by atoms with Gasteiger partial charge in [-0.15, -0.1) is 11.3 Å². The van der Waals surface area contributed by atoms with E-state index in [2.05, 4.69) is 10.3 Å². The highest BCUT2D eigenvalue weighted by atomic mass is 35.5. The summed E-state index contributed by atoms with van der Waals surface area (Å²) in [5.74, 6) is -1.63. The molecule has 0 saturated carbocycles. The normalized spacial score (nSPS) is 16.7. The van der Waals surface area contributed by atoms with Gasteiger partial charge in [0.05, 0.1) is 24.4 Å². The minimum absolute atomic E-state index is 0.0683. The molecule has 140 valence electrons. The molecule has 2 heterocycles. The summed E-state index contributed by atoms with van der Waals surface area (Å²) < 4.78 is 25.4. The molecule has 0 radical (unpaired) electrons. The fourth-order valence-electron chi connectivity index (χ4n) is 2.74. The van der Waals surface area contributed by atoms with Gasteiger partial charge in [-0.2, -0.15) is 0 Å². The molecule has 1 aromatic heterocycles. The number of nitrogens with one attached hydrogen (secondary N) is 1. The first-order valence-electron chi connectivity index (χ1n) is 8.20. The van der Waals surface area contributed by atoms with Crippen molar-refractivity contribution < 1.29 is 18.7 Å². The number of hydrogen-bond donors (Lipinski definition) is 1. The van der Waals surface area contributed by atoms with E-state index in [9.17, 15) is 9.18 Å². The van der Waals surface area contributed by atoms with Crippen LogP contribution in [0.25, 0.3) is 0 Å². The Balaban J connectivity index is 1.69. The maximum Gasteiger partial charge on any atom is 0.263 e. The first kappa shape index (κ1) is 19.2. The molecule has 3 rings (SSSR count). The van der Waals surface area contributed by atoms with Crippen molar-refractivity contribution in [3.05, 3.63) is 50.7 Å². The van der Waals surface area contributed by atoms with Gasteiger partial charge in [0.1, 0.15) is 10.7 Å². The van der Waals surface area contributed by atoms with Crippen LogP contribution in [0.4, 0.5) is 4.39 Å². The molecular formula is C18H20ClFN2O3S. The van der Waals surface area contributed by atoms with Gasteiger partial charge in [0, 0.05) is 12.0 Å². The number of amides is 1. The molecule has 1 saturated heterocycles. The summed E-state index contributed by atoms with van der Waals surface area (Å²) in [6, 6.07) is 4.87. The van der Waals surface area contributed by atoms with E-state index in [0.29, 0.717) is 28.7 Å². The first-order valence-corrected chi connectivity index (χ1v) is 9.39. The Bertz CT molecular complexity index is 819. The van der Waals surface area contributed by atoms with Crippen LogP contribution in [-0.2, 0) is 20.7 Å². The van der Waals surface area contributed by atoms with Crippen molar-refractivity contribution in [2.45, 2.75) is 32.0 Å². The molecule has 1 fully saturated rings. The van der Waals surface area contributed by atoms with Gasteiger partial charge in [-0.25, -0.2) is 9.37 Å². The fraction of sp³-hybridized carbons (Fsp3) is 0.444. The van der Waals surface area contributed by atoms with Crippen LogP contribution in [-0.4, -0.2) is 30.6 Å². The molecule has 0 atom stereocenters. The second-order valence-corrected chi connectivity index (χ2v) is 8.28. The number of carbonyl (C=O) groups excluding carboxylic acids is 1. The Kier molecular flexibility index (Phi) is 5.35. The van der Waals surface area contributed by atoms with Crippen LogP contribution in [0.2, 0.25) is 5.02 Å². The minimum Gasteiger partial charge on any atom is -0.350 e. The number of aromatic nitrogens is 1. The molecule has 2 aromatic rings. The van der Waals surface area contributed by atoms with Crippen LogP contribution in [0.1, 0.15) is 41.0 Å². The SMILES string of the molecule is CC(C)(CNC(=O)c1cnc(C2(C)OCCO2)s1)c1cccc(Cl)c1F. The highest BCUT2D eigenvalue weighted by molar-refractivity contribution is 7.13. The number of halogens is 2. The van der Waals surface area contributed by atoms with Crippen LogP contribution in [0.5, 0.6) is 0 Å². The van der Waals surface area contributed by atoms with Crippen LogP contribution in [0.15, 0.2) is 24.4 Å².